The average molecular weight is 1590 g/mol. The molecule has 78 heavy (non-hydrogen) atoms. The first-order valence-electron chi connectivity index (χ1n) is 18.2. The summed E-state index contributed by atoms with van der Waals surface area (Å²) < 4.78 is 94.7. The van der Waals surface area contributed by atoms with E-state index < -0.39 is 75.6 Å². The van der Waals surface area contributed by atoms with Crippen LogP contribution in [0.4, 0.5) is 0 Å². The first-order chi connectivity index (χ1) is 30.2. The molecular formula is C27H90N3O31S5Si5Ti7-. The Morgan fingerprint density at radius 3 is 0.833 bits per heavy atom. The Balaban J connectivity index is -0.0000000267. The van der Waals surface area contributed by atoms with Crippen molar-refractivity contribution < 1.29 is 296 Å². The minimum Gasteiger partial charge on any atom is -0.577 e. The van der Waals surface area contributed by atoms with Crippen LogP contribution in [0.1, 0.15) is 32.1 Å². The zero-order valence-corrected chi connectivity index (χ0v) is 65.8. The van der Waals surface area contributed by atoms with Gasteiger partial charge in [-0.3, -0.25) is 4.55 Å². The van der Waals surface area contributed by atoms with Gasteiger partial charge in [0.05, 0.1) is 5.75 Å². The van der Waals surface area contributed by atoms with Crippen molar-refractivity contribution in [1.82, 2.24) is 0 Å². The zero-order valence-electron chi connectivity index (χ0n) is 45.7. The van der Waals surface area contributed by atoms with Gasteiger partial charge < -0.3 is 131 Å². The van der Waals surface area contributed by atoms with Gasteiger partial charge in [0, 0.05) is 279 Å². The molecular weight excluding hydrogens is 1500 g/mol. The summed E-state index contributed by atoms with van der Waals surface area (Å²) in [4.78, 5) is 63.7. The molecule has 23 N–H and O–H groups in total. The van der Waals surface area contributed by atoms with E-state index in [9.17, 15) is 36.6 Å². The van der Waals surface area contributed by atoms with Crippen LogP contribution in [0.5, 0.6) is 0 Å². The molecule has 0 saturated carbocycles. The average Bonchev–Trinajstić information content (AvgIpc) is 3.30. The maximum atomic E-state index is 10.3. The minimum absolute atomic E-state index is 0. The van der Waals surface area contributed by atoms with Gasteiger partial charge in [0.15, 0.2) is 0 Å². The van der Waals surface area contributed by atoms with E-state index in [0.717, 1.165) is 50.7 Å². The van der Waals surface area contributed by atoms with Gasteiger partial charge in [-0.25, -0.2) is 10.4 Å². The maximum absolute atomic E-state index is 10.3. The number of thiol groups is 1. The second kappa shape index (κ2) is 98.1. The Hall–Kier alpha value is 4.87. The molecule has 0 aliphatic carbocycles. The maximum Gasteiger partial charge on any atom is 0.497 e. The fraction of sp³-hybridized carbons (Fsp3) is 1.00. The summed E-state index contributed by atoms with van der Waals surface area (Å²) >= 11 is 4.01. The first-order valence-corrected chi connectivity index (χ1v) is 34.1. The van der Waals surface area contributed by atoms with Crippen LogP contribution >= 0.6 is 34.2 Å². The Bertz CT molecular complexity index is 1210. The van der Waals surface area contributed by atoms with Crippen LogP contribution in [0.15, 0.2) is 0 Å². The number of aliphatic hydroxyl groups is 2. The predicted octanol–water partition coefficient (Wildman–Crippen LogP) is -3.94. The molecule has 0 aliphatic heterocycles. The third-order valence-corrected chi connectivity index (χ3v) is 22.7. The molecule has 0 aromatic rings. The van der Waals surface area contributed by atoms with Crippen molar-refractivity contribution in [2.75, 3.05) is 114 Å². The van der Waals surface area contributed by atoms with Crippen molar-refractivity contribution in [3.05, 3.63) is 15.4 Å². The van der Waals surface area contributed by atoms with E-state index >= 15 is 0 Å². The predicted molar refractivity (Wildman–Crippen MR) is 280 cm³/mol. The molecule has 34 nitrogen and oxygen atoms in total. The fourth-order valence-corrected chi connectivity index (χ4v) is 14.0. The van der Waals surface area contributed by atoms with Crippen LogP contribution in [0.25, 0.3) is 5.59 Å². The molecule has 51 heteroatoms. The number of nitrogens with one attached hydrogen (secondary N) is 1. The summed E-state index contributed by atoms with van der Waals surface area (Å²) in [5, 5.41) is 26.5. The molecule has 0 fully saturated rings. The van der Waals surface area contributed by atoms with Crippen LogP contribution in [0.2, 0.25) is 30.2 Å². The molecule has 0 saturated heterocycles. The Morgan fingerprint density at radius 1 is 0.487 bits per heavy atom. The van der Waals surface area contributed by atoms with E-state index in [4.69, 9.17) is 89.6 Å². The number of hydrogen-bond acceptors (Lipinski definition) is 27. The summed E-state index contributed by atoms with van der Waals surface area (Å²) in [6.45, 7) is 0. The van der Waals surface area contributed by atoms with E-state index in [1.54, 1.807) is 21.6 Å². The molecule has 0 rings (SSSR count). The van der Waals surface area contributed by atoms with Gasteiger partial charge in [-0.05, 0) is 31.4 Å². The van der Waals surface area contributed by atoms with E-state index in [1.807, 2.05) is 0 Å². The fourth-order valence-electron chi connectivity index (χ4n) is 3.47. The molecule has 0 aromatic carbocycles. The molecule has 0 radical (unpaired) electrons. The molecule has 0 heterocycles. The zero-order chi connectivity index (χ0) is 53.2. The van der Waals surface area contributed by atoms with Gasteiger partial charge in [0.1, 0.15) is 4.91 Å². The van der Waals surface area contributed by atoms with Crippen molar-refractivity contribution in [2.45, 2.75) is 62.3 Å². The van der Waals surface area contributed by atoms with Crippen LogP contribution in [-0.2, 0) is 221 Å². The number of nitroso groups, excluding NO2 is 1. The number of nitrogens with zero attached hydrogens (tertiary/aromatic N) is 2. The normalized spacial score (nSPS) is 9.46. The smallest absolute Gasteiger partial charge is 0.497 e. The van der Waals surface area contributed by atoms with E-state index in [1.165, 1.54) is 71.1 Å². The Labute approximate surface area is 584 Å². The van der Waals surface area contributed by atoms with Gasteiger partial charge in [0.25, 0.3) is 10.1 Å². The summed E-state index contributed by atoms with van der Waals surface area (Å²) in [5.41, 5.74) is 5.75. The standard InChI is InChI=1S/C10H26O6S2Si2.C5H14NO4SSi.C5H14O6SSi.C5H14O3SSi.2CH4O.H2NO3.NO.6H2O.7Ti/c1-13-19(11,14-2)9-5-7-17-18-8-6-10-20(12,15-3)16-4;1-9-12(8,10-2)5-3-4-11(6)7;1-10-13(9,11-2)5-3-4-12(6,7)8;1-7-10(6,8-2)5-3-4-9;2*1-2;2-1(3)4;1-2;;;;;;;;;;;;;/h11-12H,5-10H2,1-4H3;6,8H,3-5H2,1-2H3;9H,3-5H2,1-2H3,(H,6,7,8);6,9H,3-5H2,1-2H3;2*2H,1H3;(H2,2,3,4);;6*1H2;;;;;;;/q;-1;;;;;+1;-1;;;;;;;;;;;;;. The number of hydrogen-bond donors (Lipinski definition) is 12. The van der Waals surface area contributed by atoms with Crippen molar-refractivity contribution >= 4 is 99.0 Å². The minimum atomic E-state index is -3.96. The molecule has 0 aromatic heterocycles. The van der Waals surface area contributed by atoms with Crippen molar-refractivity contribution in [3.63, 3.8) is 0 Å². The Kier molecular flexibility index (Phi) is 183. The van der Waals surface area contributed by atoms with Gasteiger partial charge in [-0.15, -0.1) is 0 Å². The molecule has 0 spiro atoms. The van der Waals surface area contributed by atoms with Crippen molar-refractivity contribution in [3.8, 4) is 0 Å². The second-order valence-electron chi connectivity index (χ2n) is 11.1. The molecule has 0 unspecified atom stereocenters. The van der Waals surface area contributed by atoms with Crippen LogP contribution in [0, 0.1) is 14.6 Å². The summed E-state index contributed by atoms with van der Waals surface area (Å²) in [5.74, 6) is 2.48. The van der Waals surface area contributed by atoms with Gasteiger partial charge >= 0.3 is 49.1 Å². The molecule has 0 aliphatic rings. The first kappa shape index (κ1) is 145. The third kappa shape index (κ3) is 112. The molecule has 0 bridgehead atoms. The topological polar surface area (TPSA) is 618 Å². The molecule has 0 atom stereocenters. The van der Waals surface area contributed by atoms with E-state index in [0.29, 0.717) is 30.6 Å². The quantitative estimate of drug-likeness (QED) is 0.00621. The van der Waals surface area contributed by atoms with Gasteiger partial charge in [0.2, 0.25) is 0 Å². The Morgan fingerprint density at radius 2 is 0.667 bits per heavy atom. The number of rotatable bonds is 30. The number of aliphatic hydroxyl groups excluding tert-OH is 2. The summed E-state index contributed by atoms with van der Waals surface area (Å²) in [7, 11) is -0.512. The molecule has 0 amide bonds. The summed E-state index contributed by atoms with van der Waals surface area (Å²) in [6.07, 6.45) is 3.14. The van der Waals surface area contributed by atoms with E-state index in [2.05, 4.69) is 12.6 Å². The van der Waals surface area contributed by atoms with Crippen molar-refractivity contribution in [1.29, 1.82) is 4.78 Å². The van der Waals surface area contributed by atoms with Crippen molar-refractivity contribution in [2.24, 2.45) is 0 Å². The van der Waals surface area contributed by atoms with Crippen LogP contribution in [0.3, 0.4) is 0 Å². The third-order valence-electron chi connectivity index (χ3n) is 7.08. The van der Waals surface area contributed by atoms with Gasteiger partial charge in [-0.2, -0.15) is 31.6 Å². The SMILES string of the molecule is CO.CO.CO[Si](O)(CCCS(=O)(=O)O)OC.CO[Si](O)(CCCS)OC.CO[Si](O)(CCCSSCCC[Si](O)(OC)OC)OC.CO[Si](O)(CCC[S-](=N)=O)OC.O.O.O.O.O.O.O=[N+](O)O.[N-]=O.[Ti].[Ti].[Ti].[Ti].[Ti].[Ti].[Ti]. The summed E-state index contributed by atoms with van der Waals surface area (Å²) in [6, 6.07) is 2.20. The van der Waals surface area contributed by atoms with Gasteiger partial charge in [-0.1, -0.05) is 33.8 Å². The largest absolute Gasteiger partial charge is 0.577 e. The molecule has 478 valence electrons. The van der Waals surface area contributed by atoms with Crippen LogP contribution < -0.4 is 0 Å². The monoisotopic (exact) mass is 1590 g/mol. The van der Waals surface area contributed by atoms with E-state index in [-0.39, 0.29) is 203 Å². The second-order valence-corrected chi connectivity index (χ2v) is 30.6. The van der Waals surface area contributed by atoms with Crippen LogP contribution in [-0.4, -0.2) is 254 Å².